The Balaban J connectivity index is 2.06. The average molecular weight is 122 g/mol. The van der Waals surface area contributed by atoms with Gasteiger partial charge in [-0.3, -0.25) is 0 Å². The highest BCUT2D eigenvalue weighted by atomic mass is 14.4. The van der Waals surface area contributed by atoms with Crippen molar-refractivity contribution in [3.8, 4) is 0 Å². The summed E-state index contributed by atoms with van der Waals surface area (Å²) in [5, 5.41) is 0. The molecule has 50 valence electrons. The molecule has 0 aromatic heterocycles. The maximum Gasteiger partial charge on any atom is -0.0192 e. The third-order valence-corrected chi connectivity index (χ3v) is 2.90. The number of fused-ring (bicyclic) bond motifs is 1. The van der Waals surface area contributed by atoms with E-state index in [1.54, 1.807) is 5.57 Å². The molecular formula is C9H14. The zero-order valence-corrected chi connectivity index (χ0v) is 6.06. The molecule has 9 heavy (non-hydrogen) atoms. The fourth-order valence-electron chi connectivity index (χ4n) is 2.26. The van der Waals surface area contributed by atoms with Crippen LogP contribution in [0.25, 0.3) is 0 Å². The highest BCUT2D eigenvalue weighted by Gasteiger charge is 2.35. The molecule has 0 aromatic carbocycles. The first kappa shape index (κ1) is 5.52. The summed E-state index contributed by atoms with van der Waals surface area (Å²) in [7, 11) is 0. The van der Waals surface area contributed by atoms with E-state index < -0.39 is 0 Å². The molecule has 1 fully saturated rings. The van der Waals surface area contributed by atoms with Crippen molar-refractivity contribution in [2.24, 2.45) is 11.8 Å². The van der Waals surface area contributed by atoms with Crippen LogP contribution in [0.4, 0.5) is 0 Å². The van der Waals surface area contributed by atoms with E-state index in [9.17, 15) is 0 Å². The van der Waals surface area contributed by atoms with Gasteiger partial charge in [0.1, 0.15) is 0 Å². The second-order valence-corrected chi connectivity index (χ2v) is 3.32. The first-order valence-corrected chi connectivity index (χ1v) is 4.11. The molecule has 0 nitrogen and oxygen atoms in total. The Morgan fingerprint density at radius 2 is 2.56 bits per heavy atom. The molecular weight excluding hydrogens is 108 g/mol. The van der Waals surface area contributed by atoms with Gasteiger partial charge in [-0.25, -0.2) is 0 Å². The van der Waals surface area contributed by atoms with E-state index in [4.69, 9.17) is 0 Å². The maximum atomic E-state index is 2.47. The van der Waals surface area contributed by atoms with Gasteiger partial charge in [-0.2, -0.15) is 0 Å². The first-order valence-electron chi connectivity index (χ1n) is 4.11. The Bertz CT molecular complexity index is 144. The van der Waals surface area contributed by atoms with Crippen molar-refractivity contribution < 1.29 is 0 Å². The number of hydrogen-bond donors (Lipinski definition) is 0. The van der Waals surface area contributed by atoms with Crippen molar-refractivity contribution in [3.63, 3.8) is 0 Å². The van der Waals surface area contributed by atoms with Crippen LogP contribution >= 0.6 is 0 Å². The molecule has 0 radical (unpaired) electrons. The van der Waals surface area contributed by atoms with Crippen LogP contribution in [0.2, 0.25) is 0 Å². The van der Waals surface area contributed by atoms with Crippen LogP contribution in [0.1, 0.15) is 32.6 Å². The van der Waals surface area contributed by atoms with Crippen LogP contribution in [0.15, 0.2) is 11.6 Å². The summed E-state index contributed by atoms with van der Waals surface area (Å²) in [6.07, 6.45) is 8.19. The Kier molecular flexibility index (Phi) is 1.14. The van der Waals surface area contributed by atoms with Gasteiger partial charge in [0, 0.05) is 0 Å². The molecule has 1 saturated carbocycles. The van der Waals surface area contributed by atoms with Crippen molar-refractivity contribution >= 4 is 0 Å². The van der Waals surface area contributed by atoms with E-state index in [-0.39, 0.29) is 0 Å². The Morgan fingerprint density at radius 1 is 1.67 bits per heavy atom. The molecule has 0 heterocycles. The van der Waals surface area contributed by atoms with Gasteiger partial charge in [0.2, 0.25) is 0 Å². The maximum absolute atomic E-state index is 2.47. The molecule has 0 heteroatoms. The normalized spacial score (nSPS) is 39.4. The van der Waals surface area contributed by atoms with E-state index >= 15 is 0 Å². The highest BCUT2D eigenvalue weighted by Crippen LogP contribution is 2.48. The predicted molar refractivity (Wildman–Crippen MR) is 39.2 cm³/mol. The van der Waals surface area contributed by atoms with Gasteiger partial charge in [-0.15, -0.1) is 0 Å². The summed E-state index contributed by atoms with van der Waals surface area (Å²) < 4.78 is 0. The van der Waals surface area contributed by atoms with E-state index in [1.165, 1.54) is 25.7 Å². The minimum atomic E-state index is 0.998. The van der Waals surface area contributed by atoms with Crippen LogP contribution in [0.5, 0.6) is 0 Å². The third-order valence-electron chi connectivity index (χ3n) is 2.90. The van der Waals surface area contributed by atoms with Crippen LogP contribution in [-0.4, -0.2) is 0 Å². The van der Waals surface area contributed by atoms with E-state index in [1.807, 2.05) is 0 Å². The van der Waals surface area contributed by atoms with Gasteiger partial charge in [0.15, 0.2) is 0 Å². The Hall–Kier alpha value is -0.260. The van der Waals surface area contributed by atoms with Gasteiger partial charge in [-0.1, -0.05) is 18.6 Å². The quantitative estimate of drug-likeness (QED) is 0.469. The van der Waals surface area contributed by atoms with E-state index in [0.29, 0.717) is 0 Å². The Morgan fingerprint density at radius 3 is 3.22 bits per heavy atom. The summed E-state index contributed by atoms with van der Waals surface area (Å²) >= 11 is 0. The minimum absolute atomic E-state index is 0.998. The predicted octanol–water partition coefficient (Wildman–Crippen LogP) is 2.75. The van der Waals surface area contributed by atoms with Crippen molar-refractivity contribution in [1.29, 1.82) is 0 Å². The lowest BCUT2D eigenvalue weighted by Gasteiger charge is -2.35. The average Bonchev–Trinajstić information content (AvgIpc) is 2.14. The standard InChI is InChI=1S/C9H14/c1-2-7-6-8-4-3-5-9(7)8/h5,7-8H,2-4,6H2,1H3. The molecule has 2 rings (SSSR count). The lowest BCUT2D eigenvalue weighted by molar-refractivity contribution is 0.313. The molecule has 0 saturated heterocycles. The summed E-state index contributed by atoms with van der Waals surface area (Å²) in [6, 6.07) is 0. The molecule has 0 bridgehead atoms. The first-order chi connectivity index (χ1) is 4.42. The van der Waals surface area contributed by atoms with Gasteiger partial charge in [0.25, 0.3) is 0 Å². The fourth-order valence-corrected chi connectivity index (χ4v) is 2.26. The number of allylic oxidation sites excluding steroid dienone is 2. The smallest absolute Gasteiger partial charge is 0.0192 e. The molecule has 0 aromatic rings. The van der Waals surface area contributed by atoms with Crippen molar-refractivity contribution in [3.05, 3.63) is 11.6 Å². The van der Waals surface area contributed by atoms with Crippen molar-refractivity contribution in [2.75, 3.05) is 0 Å². The molecule has 0 amide bonds. The molecule has 2 unspecified atom stereocenters. The van der Waals surface area contributed by atoms with Crippen LogP contribution in [0, 0.1) is 11.8 Å². The number of hydrogen-bond acceptors (Lipinski definition) is 0. The van der Waals surface area contributed by atoms with Gasteiger partial charge < -0.3 is 0 Å². The molecule has 2 atom stereocenters. The summed E-state index contributed by atoms with van der Waals surface area (Å²) in [5.41, 5.74) is 1.80. The lowest BCUT2D eigenvalue weighted by Crippen LogP contribution is -2.23. The van der Waals surface area contributed by atoms with Gasteiger partial charge in [0.05, 0.1) is 0 Å². The van der Waals surface area contributed by atoms with Crippen molar-refractivity contribution in [2.45, 2.75) is 32.6 Å². The highest BCUT2D eigenvalue weighted by molar-refractivity contribution is 5.24. The topological polar surface area (TPSA) is 0 Å². The molecule has 2 aliphatic rings. The summed E-state index contributed by atoms with van der Waals surface area (Å²) in [6.45, 7) is 2.31. The second-order valence-electron chi connectivity index (χ2n) is 3.32. The van der Waals surface area contributed by atoms with Gasteiger partial charge >= 0.3 is 0 Å². The SMILES string of the molecule is CCC1CC2CCC=C12. The van der Waals surface area contributed by atoms with Gasteiger partial charge in [-0.05, 0) is 37.5 Å². The van der Waals surface area contributed by atoms with Crippen LogP contribution in [-0.2, 0) is 0 Å². The summed E-state index contributed by atoms with van der Waals surface area (Å²) in [4.78, 5) is 0. The van der Waals surface area contributed by atoms with E-state index in [0.717, 1.165) is 11.8 Å². The molecule has 0 N–H and O–H groups in total. The molecule has 2 aliphatic carbocycles. The largest absolute Gasteiger partial charge is 0.0847 e. The number of rotatable bonds is 1. The van der Waals surface area contributed by atoms with Crippen molar-refractivity contribution in [1.82, 2.24) is 0 Å². The van der Waals surface area contributed by atoms with E-state index in [2.05, 4.69) is 13.0 Å². The van der Waals surface area contributed by atoms with Crippen LogP contribution in [0.3, 0.4) is 0 Å². The zero-order chi connectivity index (χ0) is 6.27. The molecule has 0 spiro atoms. The summed E-state index contributed by atoms with van der Waals surface area (Å²) in [5.74, 6) is 2.03. The third kappa shape index (κ3) is 0.654. The zero-order valence-electron chi connectivity index (χ0n) is 6.06. The van der Waals surface area contributed by atoms with Crippen LogP contribution < -0.4 is 0 Å². The molecule has 0 aliphatic heterocycles. The monoisotopic (exact) mass is 122 g/mol. The lowest BCUT2D eigenvalue weighted by atomic mass is 9.70. The fraction of sp³-hybridized carbons (Fsp3) is 0.778. The second kappa shape index (κ2) is 1.86. The minimum Gasteiger partial charge on any atom is -0.0847 e. The Labute approximate surface area is 57.0 Å².